The number of aromatic nitrogens is 1. The van der Waals surface area contributed by atoms with Crippen LogP contribution in [0.25, 0.3) is 0 Å². The van der Waals surface area contributed by atoms with E-state index in [1.165, 1.54) is 0 Å². The van der Waals surface area contributed by atoms with Gasteiger partial charge in [0.05, 0.1) is 16.3 Å². The minimum absolute atomic E-state index is 0.529. The number of nitrogens with zero attached hydrogens (tertiary/aromatic N) is 2. The van der Waals surface area contributed by atoms with Crippen LogP contribution < -0.4 is 5.32 Å². The van der Waals surface area contributed by atoms with Crippen LogP contribution in [0, 0.1) is 0 Å². The Labute approximate surface area is 119 Å². The van der Waals surface area contributed by atoms with E-state index in [9.17, 15) is 5.11 Å². The van der Waals surface area contributed by atoms with Crippen LogP contribution in [0.4, 0.5) is 5.82 Å². The Kier molecular flexibility index (Phi) is 4.66. The Morgan fingerprint density at radius 2 is 2.21 bits per heavy atom. The summed E-state index contributed by atoms with van der Waals surface area (Å²) in [7, 11) is 1.85. The largest absolute Gasteiger partial charge is 0.390 e. The van der Waals surface area contributed by atoms with Gasteiger partial charge >= 0.3 is 0 Å². The Hall–Kier alpha value is -0.840. The normalized spacial score (nSPS) is 25.1. The maximum atomic E-state index is 10.1. The van der Waals surface area contributed by atoms with Crippen LogP contribution in [0.2, 0.25) is 5.02 Å². The summed E-state index contributed by atoms with van der Waals surface area (Å²) in [6.45, 7) is 4.53. The first-order valence-electron chi connectivity index (χ1n) is 6.78. The van der Waals surface area contributed by atoms with E-state index >= 15 is 0 Å². The van der Waals surface area contributed by atoms with Crippen LogP contribution in [0.5, 0.6) is 0 Å². The van der Waals surface area contributed by atoms with Gasteiger partial charge in [-0.2, -0.15) is 0 Å². The zero-order valence-corrected chi connectivity index (χ0v) is 12.4. The molecular weight excluding hydrogens is 262 g/mol. The molecule has 0 bridgehead atoms. The lowest BCUT2D eigenvalue weighted by Gasteiger charge is -2.22. The van der Waals surface area contributed by atoms with Crippen LogP contribution in [0.1, 0.15) is 31.9 Å². The standard InChI is InChI=1S/C14H22ClN3O/c1-14(19)6-3-8-18(9-7-14)10-12-11(15)4-5-13(16-2)17-12/h4-5,19H,3,6-10H2,1-2H3,(H,16,17). The average Bonchev–Trinajstić information content (AvgIpc) is 2.54. The summed E-state index contributed by atoms with van der Waals surface area (Å²) in [5, 5.41) is 13.8. The van der Waals surface area contributed by atoms with Crippen molar-refractivity contribution in [3.05, 3.63) is 22.8 Å². The first-order chi connectivity index (χ1) is 9.00. The van der Waals surface area contributed by atoms with Crippen molar-refractivity contribution < 1.29 is 5.11 Å². The fourth-order valence-corrected chi connectivity index (χ4v) is 2.59. The predicted molar refractivity (Wildman–Crippen MR) is 78.5 cm³/mol. The Morgan fingerprint density at radius 3 is 2.95 bits per heavy atom. The van der Waals surface area contributed by atoms with Gasteiger partial charge in [-0.3, -0.25) is 4.90 Å². The minimum atomic E-state index is -0.529. The van der Waals surface area contributed by atoms with Crippen molar-refractivity contribution in [2.24, 2.45) is 0 Å². The number of aliphatic hydroxyl groups is 1. The molecule has 1 aromatic rings. The highest BCUT2D eigenvalue weighted by Crippen LogP contribution is 2.24. The molecule has 0 amide bonds. The topological polar surface area (TPSA) is 48.4 Å². The van der Waals surface area contributed by atoms with Crippen LogP contribution >= 0.6 is 11.6 Å². The second-order valence-corrected chi connectivity index (χ2v) is 5.91. The molecule has 19 heavy (non-hydrogen) atoms. The van der Waals surface area contributed by atoms with Gasteiger partial charge in [0.1, 0.15) is 5.82 Å². The van der Waals surface area contributed by atoms with Gasteiger partial charge in [0.2, 0.25) is 0 Å². The number of halogens is 1. The van der Waals surface area contributed by atoms with Crippen molar-refractivity contribution in [3.8, 4) is 0 Å². The summed E-state index contributed by atoms with van der Waals surface area (Å²) in [5.74, 6) is 0.834. The van der Waals surface area contributed by atoms with E-state index in [0.29, 0.717) is 5.02 Å². The number of pyridine rings is 1. The van der Waals surface area contributed by atoms with Crippen molar-refractivity contribution in [2.75, 3.05) is 25.5 Å². The lowest BCUT2D eigenvalue weighted by Crippen LogP contribution is -2.28. The SMILES string of the molecule is CNc1ccc(Cl)c(CN2CCCC(C)(O)CC2)n1. The number of likely N-dealkylation sites (tertiary alicyclic amines) is 1. The van der Waals surface area contributed by atoms with Gasteiger partial charge in [-0.15, -0.1) is 0 Å². The summed E-state index contributed by atoms with van der Waals surface area (Å²) in [5.41, 5.74) is 0.369. The van der Waals surface area contributed by atoms with Crippen molar-refractivity contribution in [1.29, 1.82) is 0 Å². The summed E-state index contributed by atoms with van der Waals surface area (Å²) < 4.78 is 0. The molecule has 1 aromatic heterocycles. The van der Waals surface area contributed by atoms with Gasteiger partial charge in [0.15, 0.2) is 0 Å². The van der Waals surface area contributed by atoms with Crippen LogP contribution in [0.15, 0.2) is 12.1 Å². The first kappa shape index (κ1) is 14.6. The van der Waals surface area contributed by atoms with Crippen LogP contribution in [0.3, 0.4) is 0 Å². The highest BCUT2D eigenvalue weighted by Gasteiger charge is 2.25. The van der Waals surface area contributed by atoms with E-state index in [-0.39, 0.29) is 0 Å². The second kappa shape index (κ2) is 6.07. The molecule has 0 aliphatic carbocycles. The van der Waals surface area contributed by atoms with Crippen LogP contribution in [-0.2, 0) is 6.54 Å². The molecule has 2 heterocycles. The zero-order valence-electron chi connectivity index (χ0n) is 11.6. The van der Waals surface area contributed by atoms with E-state index in [2.05, 4.69) is 15.2 Å². The number of rotatable bonds is 3. The van der Waals surface area contributed by atoms with E-state index in [1.54, 1.807) is 0 Å². The van der Waals surface area contributed by atoms with Crippen LogP contribution in [-0.4, -0.2) is 40.7 Å². The molecular formula is C14H22ClN3O. The highest BCUT2D eigenvalue weighted by atomic mass is 35.5. The molecule has 2 rings (SSSR count). The van der Waals surface area contributed by atoms with E-state index < -0.39 is 5.60 Å². The lowest BCUT2D eigenvalue weighted by molar-refractivity contribution is 0.0444. The fraction of sp³-hybridized carbons (Fsp3) is 0.643. The second-order valence-electron chi connectivity index (χ2n) is 5.50. The Morgan fingerprint density at radius 1 is 1.42 bits per heavy atom. The van der Waals surface area contributed by atoms with E-state index in [1.807, 2.05) is 26.1 Å². The van der Waals surface area contributed by atoms with Gasteiger partial charge in [0, 0.05) is 20.1 Å². The van der Waals surface area contributed by atoms with Gasteiger partial charge in [-0.05, 0) is 44.9 Å². The molecule has 1 saturated heterocycles. The molecule has 106 valence electrons. The number of nitrogens with one attached hydrogen (secondary N) is 1. The molecule has 1 unspecified atom stereocenters. The average molecular weight is 284 g/mol. The molecule has 4 nitrogen and oxygen atoms in total. The summed E-state index contributed by atoms with van der Waals surface area (Å²) in [6, 6.07) is 3.75. The molecule has 0 aromatic carbocycles. The maximum Gasteiger partial charge on any atom is 0.126 e. The third-order valence-electron chi connectivity index (χ3n) is 3.70. The number of anilines is 1. The molecule has 1 aliphatic rings. The van der Waals surface area contributed by atoms with E-state index in [0.717, 1.165) is 50.4 Å². The van der Waals surface area contributed by atoms with E-state index in [4.69, 9.17) is 11.6 Å². The molecule has 1 aliphatic heterocycles. The Balaban J connectivity index is 2.04. The number of hydrogen-bond donors (Lipinski definition) is 2. The van der Waals surface area contributed by atoms with Gasteiger partial charge in [-0.1, -0.05) is 11.6 Å². The third kappa shape index (κ3) is 4.06. The predicted octanol–water partition coefficient (Wildman–Crippen LogP) is 2.51. The molecule has 5 heteroatoms. The fourth-order valence-electron chi connectivity index (χ4n) is 2.42. The maximum absolute atomic E-state index is 10.1. The molecule has 1 fully saturated rings. The quantitative estimate of drug-likeness (QED) is 0.895. The molecule has 0 radical (unpaired) electrons. The smallest absolute Gasteiger partial charge is 0.126 e. The van der Waals surface area contributed by atoms with Gasteiger partial charge in [0.25, 0.3) is 0 Å². The first-order valence-corrected chi connectivity index (χ1v) is 7.16. The summed E-state index contributed by atoms with van der Waals surface area (Å²) in [4.78, 5) is 6.82. The van der Waals surface area contributed by atoms with Crippen molar-refractivity contribution >= 4 is 17.4 Å². The van der Waals surface area contributed by atoms with Crippen molar-refractivity contribution in [1.82, 2.24) is 9.88 Å². The molecule has 0 saturated carbocycles. The third-order valence-corrected chi connectivity index (χ3v) is 4.05. The molecule has 2 N–H and O–H groups in total. The molecule has 0 spiro atoms. The lowest BCUT2D eigenvalue weighted by atomic mass is 9.98. The highest BCUT2D eigenvalue weighted by molar-refractivity contribution is 6.31. The zero-order chi connectivity index (χ0) is 13.9. The monoisotopic (exact) mass is 283 g/mol. The summed E-state index contributed by atoms with van der Waals surface area (Å²) in [6.07, 6.45) is 2.67. The Bertz CT molecular complexity index is 437. The number of hydrogen-bond acceptors (Lipinski definition) is 4. The van der Waals surface area contributed by atoms with Gasteiger partial charge < -0.3 is 10.4 Å². The molecule has 1 atom stereocenters. The minimum Gasteiger partial charge on any atom is -0.390 e. The van der Waals surface area contributed by atoms with Crippen molar-refractivity contribution in [3.63, 3.8) is 0 Å². The van der Waals surface area contributed by atoms with Crippen molar-refractivity contribution in [2.45, 2.75) is 38.3 Å². The summed E-state index contributed by atoms with van der Waals surface area (Å²) >= 11 is 6.20. The van der Waals surface area contributed by atoms with Gasteiger partial charge in [-0.25, -0.2) is 4.98 Å².